The van der Waals surface area contributed by atoms with Gasteiger partial charge in [-0.25, -0.2) is 14.8 Å². The summed E-state index contributed by atoms with van der Waals surface area (Å²) in [6.07, 6.45) is 4.87. The zero-order valence-electron chi connectivity index (χ0n) is 14.9. The fourth-order valence-corrected chi connectivity index (χ4v) is 2.22. The van der Waals surface area contributed by atoms with E-state index < -0.39 is 5.97 Å². The first-order valence-corrected chi connectivity index (χ1v) is 8.01. The Balaban J connectivity index is 2.35. The maximum Gasteiger partial charge on any atom is 0.377 e. The third-order valence-electron chi connectivity index (χ3n) is 3.50. The lowest BCUT2D eigenvalue weighted by Gasteiger charge is -2.12. The number of aryl methyl sites for hydroxylation is 2. The zero-order chi connectivity index (χ0) is 18.2. The molecule has 0 fully saturated rings. The number of benzene rings is 1. The van der Waals surface area contributed by atoms with Crippen LogP contribution in [0.4, 0.5) is 0 Å². The number of carbonyl (C=O) groups is 1. The van der Waals surface area contributed by atoms with E-state index in [9.17, 15) is 4.79 Å². The van der Waals surface area contributed by atoms with Gasteiger partial charge in [0.2, 0.25) is 5.76 Å². The van der Waals surface area contributed by atoms with Crippen LogP contribution in [0.2, 0.25) is 0 Å². The van der Waals surface area contributed by atoms with E-state index in [0.717, 1.165) is 29.7 Å². The predicted octanol–water partition coefficient (Wildman–Crippen LogP) is 3.44. The lowest BCUT2D eigenvalue weighted by molar-refractivity contribution is -0.138. The maximum atomic E-state index is 11.8. The molecule has 2 aromatic rings. The third kappa shape index (κ3) is 4.79. The summed E-state index contributed by atoms with van der Waals surface area (Å²) in [6, 6.07) is 7.52. The lowest BCUT2D eigenvalue weighted by atomic mass is 10.1. The number of hydrogen-bond acceptors (Lipinski definition) is 6. The minimum Gasteiger partial charge on any atom is -0.500 e. The van der Waals surface area contributed by atoms with Crippen molar-refractivity contribution in [1.29, 1.82) is 0 Å². The van der Waals surface area contributed by atoms with Crippen molar-refractivity contribution < 1.29 is 19.0 Å². The van der Waals surface area contributed by atoms with E-state index in [2.05, 4.69) is 16.9 Å². The van der Waals surface area contributed by atoms with E-state index >= 15 is 0 Å². The smallest absolute Gasteiger partial charge is 0.377 e. The van der Waals surface area contributed by atoms with Crippen LogP contribution in [0, 0.1) is 6.92 Å². The molecule has 132 valence electrons. The van der Waals surface area contributed by atoms with E-state index in [0.29, 0.717) is 11.6 Å². The van der Waals surface area contributed by atoms with E-state index in [1.165, 1.54) is 20.5 Å². The summed E-state index contributed by atoms with van der Waals surface area (Å²) in [5.74, 6) is 0.473. The van der Waals surface area contributed by atoms with Gasteiger partial charge in [0.1, 0.15) is 12.0 Å². The van der Waals surface area contributed by atoms with Gasteiger partial charge in [0, 0.05) is 17.5 Å². The lowest BCUT2D eigenvalue weighted by Crippen LogP contribution is -2.11. The number of rotatable bonds is 7. The molecule has 1 aromatic heterocycles. The number of hydrogen-bond donors (Lipinski definition) is 0. The average molecular weight is 342 g/mol. The predicted molar refractivity (Wildman–Crippen MR) is 93.9 cm³/mol. The van der Waals surface area contributed by atoms with Crippen LogP contribution in [0.15, 0.2) is 42.5 Å². The largest absolute Gasteiger partial charge is 0.500 e. The number of carbonyl (C=O) groups excluding carboxylic acids is 1. The summed E-state index contributed by atoms with van der Waals surface area (Å²) in [7, 11) is 2.72. The van der Waals surface area contributed by atoms with Gasteiger partial charge in [-0.2, -0.15) is 0 Å². The molecule has 0 spiro atoms. The van der Waals surface area contributed by atoms with Gasteiger partial charge in [-0.1, -0.05) is 25.5 Å². The highest BCUT2D eigenvalue weighted by atomic mass is 16.6. The molecule has 0 radical (unpaired) electrons. The van der Waals surface area contributed by atoms with Gasteiger partial charge in [0.05, 0.1) is 14.2 Å². The Morgan fingerprint density at radius 3 is 2.72 bits per heavy atom. The van der Waals surface area contributed by atoms with Crippen LogP contribution in [-0.2, 0) is 20.7 Å². The molecule has 0 atom stereocenters. The first-order valence-electron chi connectivity index (χ1n) is 8.01. The van der Waals surface area contributed by atoms with Crippen molar-refractivity contribution >= 4 is 5.97 Å². The highest BCUT2D eigenvalue weighted by molar-refractivity contribution is 5.86. The van der Waals surface area contributed by atoms with Gasteiger partial charge in [0.15, 0.2) is 5.82 Å². The Hall–Kier alpha value is -2.89. The van der Waals surface area contributed by atoms with Gasteiger partial charge in [-0.3, -0.25) is 0 Å². The standard InChI is InChI=1S/C19H22N2O4/c1-5-6-15-9-10-20-18(21-15)14-8-7-13(2)16(11-14)25-17(12-23-3)19(22)24-4/h7-12H,5-6H2,1-4H3. The topological polar surface area (TPSA) is 70.5 Å². The number of esters is 1. The van der Waals surface area contributed by atoms with Crippen LogP contribution < -0.4 is 4.74 Å². The molecule has 0 unspecified atom stereocenters. The van der Waals surface area contributed by atoms with Crippen molar-refractivity contribution in [2.24, 2.45) is 0 Å². The van der Waals surface area contributed by atoms with Crippen LogP contribution >= 0.6 is 0 Å². The third-order valence-corrected chi connectivity index (χ3v) is 3.50. The SMILES string of the molecule is CCCc1ccnc(-c2ccc(C)c(OC(=COC)C(=O)OC)c2)n1. The van der Waals surface area contributed by atoms with Crippen molar-refractivity contribution in [3.63, 3.8) is 0 Å². The Labute approximate surface area is 147 Å². The molecule has 0 aliphatic rings. The van der Waals surface area contributed by atoms with Crippen LogP contribution in [0.5, 0.6) is 5.75 Å². The highest BCUT2D eigenvalue weighted by Crippen LogP contribution is 2.27. The van der Waals surface area contributed by atoms with E-state index in [1.54, 1.807) is 12.3 Å². The molecule has 6 heteroatoms. The van der Waals surface area contributed by atoms with Crippen LogP contribution in [0.1, 0.15) is 24.6 Å². The summed E-state index contributed by atoms with van der Waals surface area (Å²) in [6.45, 7) is 3.99. The Morgan fingerprint density at radius 2 is 2.04 bits per heavy atom. The second kappa shape index (κ2) is 8.82. The van der Waals surface area contributed by atoms with Gasteiger partial charge in [0.25, 0.3) is 0 Å². The van der Waals surface area contributed by atoms with Gasteiger partial charge < -0.3 is 14.2 Å². The Morgan fingerprint density at radius 1 is 1.24 bits per heavy atom. The zero-order valence-corrected chi connectivity index (χ0v) is 14.9. The van der Waals surface area contributed by atoms with E-state index in [1.807, 2.05) is 25.1 Å². The van der Waals surface area contributed by atoms with Crippen molar-refractivity contribution in [1.82, 2.24) is 9.97 Å². The normalized spacial score (nSPS) is 11.1. The molecule has 0 saturated heterocycles. The van der Waals surface area contributed by atoms with Gasteiger partial charge in [-0.05, 0) is 31.0 Å². The molecular formula is C19H22N2O4. The minimum absolute atomic E-state index is 0.0362. The van der Waals surface area contributed by atoms with E-state index in [-0.39, 0.29) is 5.76 Å². The Kier molecular flexibility index (Phi) is 6.51. The first-order chi connectivity index (χ1) is 12.1. The van der Waals surface area contributed by atoms with Crippen molar-refractivity contribution in [3.05, 3.63) is 53.7 Å². The molecule has 0 aliphatic carbocycles. The summed E-state index contributed by atoms with van der Waals surface area (Å²) in [5.41, 5.74) is 2.66. The second-order valence-electron chi connectivity index (χ2n) is 5.41. The molecule has 2 rings (SSSR count). The number of methoxy groups -OCH3 is 2. The monoisotopic (exact) mass is 342 g/mol. The number of nitrogens with zero attached hydrogens (tertiary/aromatic N) is 2. The second-order valence-corrected chi connectivity index (χ2v) is 5.41. The summed E-state index contributed by atoms with van der Waals surface area (Å²) >= 11 is 0. The molecule has 0 amide bonds. The fourth-order valence-electron chi connectivity index (χ4n) is 2.22. The molecule has 6 nitrogen and oxygen atoms in total. The minimum atomic E-state index is -0.618. The van der Waals surface area contributed by atoms with Crippen molar-refractivity contribution in [2.45, 2.75) is 26.7 Å². The molecule has 0 saturated carbocycles. The fraction of sp³-hybridized carbons (Fsp3) is 0.316. The highest BCUT2D eigenvalue weighted by Gasteiger charge is 2.15. The molecule has 1 heterocycles. The summed E-state index contributed by atoms with van der Waals surface area (Å²) in [5, 5.41) is 0. The molecule has 25 heavy (non-hydrogen) atoms. The number of aromatic nitrogens is 2. The van der Waals surface area contributed by atoms with Crippen LogP contribution in [0.25, 0.3) is 11.4 Å². The van der Waals surface area contributed by atoms with E-state index in [4.69, 9.17) is 14.2 Å². The first kappa shape index (κ1) is 18.4. The van der Waals surface area contributed by atoms with Gasteiger partial charge in [-0.15, -0.1) is 0 Å². The van der Waals surface area contributed by atoms with Gasteiger partial charge >= 0.3 is 5.97 Å². The average Bonchev–Trinajstić information content (AvgIpc) is 2.63. The quantitative estimate of drug-likeness (QED) is 0.436. The van der Waals surface area contributed by atoms with Crippen molar-refractivity contribution in [2.75, 3.05) is 14.2 Å². The molecule has 0 bridgehead atoms. The van der Waals surface area contributed by atoms with Crippen molar-refractivity contribution in [3.8, 4) is 17.1 Å². The Bertz CT molecular complexity index is 772. The number of ether oxygens (including phenoxy) is 3. The van der Waals surface area contributed by atoms with Crippen LogP contribution in [-0.4, -0.2) is 30.2 Å². The van der Waals surface area contributed by atoms with Crippen LogP contribution in [0.3, 0.4) is 0 Å². The molecule has 0 aliphatic heterocycles. The molecule has 0 N–H and O–H groups in total. The summed E-state index contributed by atoms with van der Waals surface area (Å²) < 4.78 is 15.3. The summed E-state index contributed by atoms with van der Waals surface area (Å²) in [4.78, 5) is 20.7. The molecule has 1 aromatic carbocycles. The molecular weight excluding hydrogens is 320 g/mol. The maximum absolute atomic E-state index is 11.8.